The molecule has 32 heavy (non-hydrogen) atoms. The summed E-state index contributed by atoms with van der Waals surface area (Å²) in [7, 11) is 0. The molecule has 1 unspecified atom stereocenters. The van der Waals surface area contributed by atoms with Crippen molar-refractivity contribution in [1.29, 1.82) is 0 Å². The van der Waals surface area contributed by atoms with Crippen LogP contribution in [-0.4, -0.2) is 42.0 Å². The summed E-state index contributed by atoms with van der Waals surface area (Å²) >= 11 is 0. The van der Waals surface area contributed by atoms with Crippen molar-refractivity contribution >= 4 is 12.0 Å². The van der Waals surface area contributed by atoms with Gasteiger partial charge in [0, 0.05) is 6.42 Å². The minimum Gasteiger partial charge on any atom is -0.458 e. The van der Waals surface area contributed by atoms with Crippen molar-refractivity contribution in [2.24, 2.45) is 29.4 Å². The summed E-state index contributed by atoms with van der Waals surface area (Å²) in [5.41, 5.74) is 6.02. The quantitative estimate of drug-likeness (QED) is 0.627. The molecule has 5 nitrogen and oxygen atoms in total. The van der Waals surface area contributed by atoms with Gasteiger partial charge in [-0.05, 0) is 55.9 Å². The summed E-state index contributed by atoms with van der Waals surface area (Å²) < 4.78 is 19.6. The van der Waals surface area contributed by atoms with Crippen LogP contribution in [0, 0.1) is 23.7 Å². The number of esters is 1. The maximum absolute atomic E-state index is 12.4. The summed E-state index contributed by atoms with van der Waals surface area (Å²) in [6.07, 6.45) is 6.75. The number of carbonyl (C=O) groups is 1. The smallest absolute Gasteiger partial charge is 0.322 e. The predicted octanol–water partition coefficient (Wildman–Crippen LogP) is 4.59. The monoisotopic (exact) mass is 441 g/mol. The molecule has 0 aromatic heterocycles. The summed E-state index contributed by atoms with van der Waals surface area (Å²) in [5.74, 6) is 1.13. The van der Waals surface area contributed by atoms with Crippen molar-refractivity contribution in [2.75, 3.05) is 6.61 Å². The first-order valence-corrected chi connectivity index (χ1v) is 12.2. The maximum atomic E-state index is 12.4. The van der Waals surface area contributed by atoms with Crippen LogP contribution in [0.5, 0.6) is 0 Å². The molecular formula is C27H39NO4. The normalized spacial score (nSPS) is 39.4. The van der Waals surface area contributed by atoms with Crippen molar-refractivity contribution in [3.8, 4) is 0 Å². The first kappa shape index (κ1) is 23.5. The number of nitrogens with two attached hydrogens (primary N) is 1. The minimum atomic E-state index is -0.637. The molecule has 2 aliphatic heterocycles. The molecule has 0 spiro atoms. The van der Waals surface area contributed by atoms with E-state index in [4.69, 9.17) is 19.9 Å². The predicted molar refractivity (Wildman–Crippen MR) is 126 cm³/mol. The highest BCUT2D eigenvalue weighted by Crippen LogP contribution is 2.63. The molecule has 2 N–H and O–H groups in total. The molecule has 1 aromatic rings. The second kappa shape index (κ2) is 8.92. The standard InChI is InChI=1S/C27H39NO4/c1-17(2)27-16-22(31-25(29)19(4)28)26(5,32-27)21-14-13-18(3)23(21)24(27)30-15-9-12-20-10-7-6-8-11-20/h6-12,17-19,21-24H,13-16,28H2,1-5H3/b12-9+/t18-,19-,21-,22-,23?,24+,26+,27-/m1/s1. The molecule has 1 aromatic carbocycles. The van der Waals surface area contributed by atoms with Crippen molar-refractivity contribution < 1.29 is 19.0 Å². The van der Waals surface area contributed by atoms with E-state index in [1.54, 1.807) is 6.92 Å². The van der Waals surface area contributed by atoms with E-state index in [0.29, 0.717) is 30.8 Å². The molecule has 2 saturated heterocycles. The zero-order valence-electron chi connectivity index (χ0n) is 20.1. The molecule has 0 radical (unpaired) electrons. The third-order valence-corrected chi connectivity index (χ3v) is 8.27. The Morgan fingerprint density at radius 2 is 1.97 bits per heavy atom. The van der Waals surface area contributed by atoms with E-state index in [9.17, 15) is 4.79 Å². The van der Waals surface area contributed by atoms with Gasteiger partial charge in [-0.25, -0.2) is 0 Å². The molecule has 1 saturated carbocycles. The molecule has 2 heterocycles. The summed E-state index contributed by atoms with van der Waals surface area (Å²) in [6, 6.07) is 9.64. The van der Waals surface area contributed by atoms with Crippen LogP contribution in [0.1, 0.15) is 59.4 Å². The molecule has 1 aliphatic carbocycles. The molecule has 176 valence electrons. The molecule has 4 rings (SSSR count). The van der Waals surface area contributed by atoms with Gasteiger partial charge in [-0.1, -0.05) is 63.3 Å². The lowest BCUT2D eigenvalue weighted by Gasteiger charge is -2.53. The highest BCUT2D eigenvalue weighted by Gasteiger charge is 2.71. The van der Waals surface area contributed by atoms with Gasteiger partial charge >= 0.3 is 5.97 Å². The molecule has 5 heteroatoms. The second-order valence-electron chi connectivity index (χ2n) is 10.6. The van der Waals surface area contributed by atoms with Crippen LogP contribution >= 0.6 is 0 Å². The fourth-order valence-corrected chi connectivity index (χ4v) is 6.47. The number of rotatable bonds is 7. The zero-order valence-corrected chi connectivity index (χ0v) is 20.1. The van der Waals surface area contributed by atoms with E-state index in [1.807, 2.05) is 18.2 Å². The molecule has 2 bridgehead atoms. The van der Waals surface area contributed by atoms with Gasteiger partial charge in [-0.15, -0.1) is 0 Å². The van der Waals surface area contributed by atoms with Crippen molar-refractivity contribution in [3.63, 3.8) is 0 Å². The number of hydrogen-bond donors (Lipinski definition) is 1. The van der Waals surface area contributed by atoms with Crippen LogP contribution < -0.4 is 5.73 Å². The van der Waals surface area contributed by atoms with Crippen molar-refractivity contribution in [1.82, 2.24) is 0 Å². The Morgan fingerprint density at radius 1 is 1.25 bits per heavy atom. The fourth-order valence-electron chi connectivity index (χ4n) is 6.47. The van der Waals surface area contributed by atoms with Crippen LogP contribution in [-0.2, 0) is 19.0 Å². The van der Waals surface area contributed by atoms with Gasteiger partial charge < -0.3 is 19.9 Å². The Labute approximate surface area is 192 Å². The second-order valence-corrected chi connectivity index (χ2v) is 10.6. The third-order valence-electron chi connectivity index (χ3n) is 8.27. The number of benzene rings is 1. The maximum Gasteiger partial charge on any atom is 0.322 e. The third kappa shape index (κ3) is 3.93. The number of hydrogen-bond acceptors (Lipinski definition) is 5. The van der Waals surface area contributed by atoms with Crippen LogP contribution in [0.3, 0.4) is 0 Å². The van der Waals surface area contributed by atoms with E-state index >= 15 is 0 Å². The highest BCUT2D eigenvalue weighted by molar-refractivity contribution is 5.75. The zero-order chi connectivity index (χ0) is 23.1. The minimum absolute atomic E-state index is 0.0301. The Morgan fingerprint density at radius 3 is 2.62 bits per heavy atom. The number of fused-ring (bicyclic) bond motifs is 4. The van der Waals surface area contributed by atoms with Gasteiger partial charge in [0.05, 0.1) is 12.7 Å². The van der Waals surface area contributed by atoms with Crippen molar-refractivity contribution in [2.45, 2.75) is 83.3 Å². The topological polar surface area (TPSA) is 70.8 Å². The van der Waals surface area contributed by atoms with E-state index in [0.717, 1.165) is 18.4 Å². The molecule has 8 atom stereocenters. The Kier molecular flexibility index (Phi) is 6.54. The van der Waals surface area contributed by atoms with E-state index in [-0.39, 0.29) is 24.1 Å². The average molecular weight is 442 g/mol. The molecule has 0 amide bonds. The lowest BCUT2D eigenvalue weighted by atomic mass is 9.69. The molecule has 3 fully saturated rings. The van der Waals surface area contributed by atoms with Gasteiger partial charge in [0.25, 0.3) is 0 Å². The van der Waals surface area contributed by atoms with Crippen LogP contribution in [0.4, 0.5) is 0 Å². The van der Waals surface area contributed by atoms with Crippen LogP contribution in [0.15, 0.2) is 36.4 Å². The van der Waals surface area contributed by atoms with E-state index in [2.05, 4.69) is 52.0 Å². The van der Waals surface area contributed by atoms with Gasteiger partial charge in [0.1, 0.15) is 23.3 Å². The lowest BCUT2D eigenvalue weighted by Crippen LogP contribution is -2.62. The first-order valence-electron chi connectivity index (χ1n) is 12.2. The average Bonchev–Trinajstić information content (AvgIpc) is 3.26. The molecule has 3 aliphatic rings. The Hall–Kier alpha value is -1.69. The van der Waals surface area contributed by atoms with E-state index < -0.39 is 17.2 Å². The molecular weight excluding hydrogens is 402 g/mol. The van der Waals surface area contributed by atoms with Gasteiger partial charge in [-0.3, -0.25) is 4.79 Å². The summed E-state index contributed by atoms with van der Waals surface area (Å²) in [4.78, 5) is 12.4. The van der Waals surface area contributed by atoms with Gasteiger partial charge in [0.2, 0.25) is 0 Å². The number of carbonyl (C=O) groups excluding carboxylic acids is 1. The summed E-state index contributed by atoms with van der Waals surface area (Å²) in [5, 5.41) is 0. The summed E-state index contributed by atoms with van der Waals surface area (Å²) in [6.45, 7) is 11.1. The van der Waals surface area contributed by atoms with Crippen LogP contribution in [0.25, 0.3) is 6.08 Å². The van der Waals surface area contributed by atoms with E-state index in [1.165, 1.54) is 0 Å². The first-order chi connectivity index (χ1) is 15.2. The largest absolute Gasteiger partial charge is 0.458 e. The van der Waals surface area contributed by atoms with Crippen LogP contribution in [0.2, 0.25) is 0 Å². The highest BCUT2D eigenvalue weighted by atomic mass is 16.6. The fraction of sp³-hybridized carbons (Fsp3) is 0.667. The Balaban J connectivity index is 1.61. The van der Waals surface area contributed by atoms with Gasteiger partial charge in [0.15, 0.2) is 0 Å². The lowest BCUT2D eigenvalue weighted by molar-refractivity contribution is -0.268. The van der Waals surface area contributed by atoms with Crippen molar-refractivity contribution in [3.05, 3.63) is 42.0 Å². The number of ether oxygens (including phenoxy) is 3. The Bertz CT molecular complexity index is 837. The van der Waals surface area contributed by atoms with Gasteiger partial charge in [-0.2, -0.15) is 0 Å². The SMILES string of the molecule is CC(C)[C@@]12C[C@@H](OC(=O)[C@@H](C)N)[C@@](C)(O1)[C@@H]1CC[C@@H](C)C1[C@@H]2OC/C=C/c1ccccc1.